The molecule has 1 aromatic heterocycles. The molecular formula is C18H16N2O2. The number of aromatic nitrogens is 1. The Balaban J connectivity index is 1.61. The molecule has 1 saturated carbocycles. The van der Waals surface area contributed by atoms with Crippen LogP contribution in [-0.2, 0) is 4.79 Å². The van der Waals surface area contributed by atoms with E-state index >= 15 is 0 Å². The maximum Gasteiger partial charge on any atom is 0.227 e. The van der Waals surface area contributed by atoms with Gasteiger partial charge in [0.25, 0.3) is 0 Å². The van der Waals surface area contributed by atoms with E-state index in [1.807, 2.05) is 49.4 Å². The number of rotatable bonds is 3. The second-order valence-corrected chi connectivity index (χ2v) is 5.78. The van der Waals surface area contributed by atoms with Crippen LogP contribution < -0.4 is 5.32 Å². The average Bonchev–Trinajstić information content (AvgIpc) is 3.28. The Bertz CT molecular complexity index is 845. The number of anilines is 1. The number of nitrogens with one attached hydrogen (secondary N) is 1. The van der Waals surface area contributed by atoms with Crippen LogP contribution >= 0.6 is 0 Å². The third-order valence-corrected chi connectivity index (χ3v) is 3.97. The summed E-state index contributed by atoms with van der Waals surface area (Å²) in [5.41, 5.74) is 4.50. The summed E-state index contributed by atoms with van der Waals surface area (Å²) >= 11 is 0. The van der Waals surface area contributed by atoms with Crippen LogP contribution in [0.1, 0.15) is 18.4 Å². The minimum Gasteiger partial charge on any atom is -0.436 e. The quantitative estimate of drug-likeness (QED) is 0.789. The molecular weight excluding hydrogens is 276 g/mol. The molecule has 3 aromatic rings. The van der Waals surface area contributed by atoms with Crippen molar-refractivity contribution < 1.29 is 9.21 Å². The molecule has 0 radical (unpaired) electrons. The van der Waals surface area contributed by atoms with E-state index in [9.17, 15) is 4.79 Å². The van der Waals surface area contributed by atoms with E-state index in [1.54, 1.807) is 0 Å². The lowest BCUT2D eigenvalue weighted by molar-refractivity contribution is -0.117. The van der Waals surface area contributed by atoms with Gasteiger partial charge in [-0.25, -0.2) is 4.98 Å². The van der Waals surface area contributed by atoms with Crippen molar-refractivity contribution in [2.75, 3.05) is 5.32 Å². The van der Waals surface area contributed by atoms with Crippen LogP contribution in [0, 0.1) is 12.8 Å². The molecule has 0 unspecified atom stereocenters. The molecule has 0 aliphatic heterocycles. The summed E-state index contributed by atoms with van der Waals surface area (Å²) in [6.07, 6.45) is 2.01. The molecule has 1 amide bonds. The van der Waals surface area contributed by atoms with Crippen LogP contribution in [0.4, 0.5) is 5.69 Å². The van der Waals surface area contributed by atoms with Crippen LogP contribution in [0.3, 0.4) is 0 Å². The maximum atomic E-state index is 11.7. The number of nitrogens with zero attached hydrogens (tertiary/aromatic N) is 1. The van der Waals surface area contributed by atoms with Gasteiger partial charge in [0, 0.05) is 17.2 Å². The van der Waals surface area contributed by atoms with Crippen LogP contribution in [0.2, 0.25) is 0 Å². The minimum absolute atomic E-state index is 0.116. The molecule has 22 heavy (non-hydrogen) atoms. The topological polar surface area (TPSA) is 55.1 Å². The van der Waals surface area contributed by atoms with Gasteiger partial charge in [-0.2, -0.15) is 0 Å². The van der Waals surface area contributed by atoms with Crippen LogP contribution in [0.5, 0.6) is 0 Å². The maximum absolute atomic E-state index is 11.7. The number of aryl methyl sites for hydroxylation is 1. The van der Waals surface area contributed by atoms with E-state index in [1.165, 1.54) is 0 Å². The Morgan fingerprint density at radius 1 is 1.18 bits per heavy atom. The van der Waals surface area contributed by atoms with E-state index in [0.29, 0.717) is 5.89 Å². The summed E-state index contributed by atoms with van der Waals surface area (Å²) in [6, 6.07) is 13.5. The van der Waals surface area contributed by atoms with Crippen LogP contribution in [0.25, 0.3) is 22.6 Å². The first-order valence-corrected chi connectivity index (χ1v) is 7.48. The SMILES string of the molecule is Cc1cccc2oc(-c3ccc(NC(=O)C4CC4)cc3)nc12. The average molecular weight is 292 g/mol. The Labute approximate surface area is 128 Å². The molecule has 4 heteroatoms. The first-order valence-electron chi connectivity index (χ1n) is 7.48. The number of oxazole rings is 1. The molecule has 0 bridgehead atoms. The van der Waals surface area contributed by atoms with Gasteiger partial charge in [0.2, 0.25) is 11.8 Å². The molecule has 0 spiro atoms. The number of fused-ring (bicyclic) bond motifs is 1. The zero-order chi connectivity index (χ0) is 15.1. The van der Waals surface area contributed by atoms with Crippen molar-refractivity contribution in [1.29, 1.82) is 0 Å². The van der Waals surface area contributed by atoms with Crippen molar-refractivity contribution in [3.63, 3.8) is 0 Å². The van der Waals surface area contributed by atoms with Gasteiger partial charge in [-0.1, -0.05) is 12.1 Å². The fourth-order valence-electron chi connectivity index (χ4n) is 2.50. The van der Waals surface area contributed by atoms with Gasteiger partial charge in [-0.15, -0.1) is 0 Å². The Hall–Kier alpha value is -2.62. The van der Waals surface area contributed by atoms with E-state index in [0.717, 1.165) is 40.8 Å². The normalized spacial score (nSPS) is 14.2. The predicted octanol–water partition coefficient (Wildman–Crippen LogP) is 4.15. The zero-order valence-electron chi connectivity index (χ0n) is 12.3. The lowest BCUT2D eigenvalue weighted by Crippen LogP contribution is -2.12. The van der Waals surface area contributed by atoms with E-state index in [-0.39, 0.29) is 11.8 Å². The van der Waals surface area contributed by atoms with Crippen molar-refractivity contribution in [2.24, 2.45) is 5.92 Å². The largest absolute Gasteiger partial charge is 0.436 e. The molecule has 0 saturated heterocycles. The van der Waals surface area contributed by atoms with E-state index < -0.39 is 0 Å². The van der Waals surface area contributed by atoms with E-state index in [2.05, 4.69) is 10.3 Å². The fourth-order valence-corrected chi connectivity index (χ4v) is 2.50. The molecule has 1 heterocycles. The lowest BCUT2D eigenvalue weighted by atomic mass is 10.2. The van der Waals surface area contributed by atoms with Crippen molar-refractivity contribution in [2.45, 2.75) is 19.8 Å². The molecule has 4 rings (SSSR count). The van der Waals surface area contributed by atoms with Crippen molar-refractivity contribution >= 4 is 22.7 Å². The van der Waals surface area contributed by atoms with Gasteiger partial charge in [0.1, 0.15) is 5.52 Å². The highest BCUT2D eigenvalue weighted by Gasteiger charge is 2.29. The van der Waals surface area contributed by atoms with Crippen LogP contribution in [0.15, 0.2) is 46.9 Å². The number of para-hydroxylation sites is 1. The van der Waals surface area contributed by atoms with Gasteiger partial charge in [0.05, 0.1) is 0 Å². The zero-order valence-corrected chi connectivity index (χ0v) is 12.3. The van der Waals surface area contributed by atoms with Gasteiger partial charge < -0.3 is 9.73 Å². The Morgan fingerprint density at radius 2 is 1.95 bits per heavy atom. The molecule has 0 atom stereocenters. The highest BCUT2D eigenvalue weighted by Crippen LogP contribution is 2.31. The highest BCUT2D eigenvalue weighted by atomic mass is 16.3. The van der Waals surface area contributed by atoms with Gasteiger partial charge in [-0.3, -0.25) is 4.79 Å². The molecule has 2 aromatic carbocycles. The predicted molar refractivity (Wildman–Crippen MR) is 85.5 cm³/mol. The number of carbonyl (C=O) groups is 1. The second kappa shape index (κ2) is 4.98. The number of hydrogen-bond donors (Lipinski definition) is 1. The molecule has 1 N–H and O–H groups in total. The molecule has 1 aliphatic rings. The third-order valence-electron chi connectivity index (χ3n) is 3.97. The van der Waals surface area contributed by atoms with Crippen molar-refractivity contribution in [3.05, 3.63) is 48.0 Å². The number of benzene rings is 2. The first-order chi connectivity index (χ1) is 10.7. The summed E-state index contributed by atoms with van der Waals surface area (Å²) in [5, 5.41) is 2.93. The smallest absolute Gasteiger partial charge is 0.227 e. The number of hydrogen-bond acceptors (Lipinski definition) is 3. The standard InChI is InChI=1S/C18H16N2O2/c1-11-3-2-4-15-16(11)20-18(22-15)13-7-9-14(10-8-13)19-17(21)12-5-6-12/h2-4,7-10,12H,5-6H2,1H3,(H,19,21). The number of carbonyl (C=O) groups excluding carboxylic acids is 1. The second-order valence-electron chi connectivity index (χ2n) is 5.78. The lowest BCUT2D eigenvalue weighted by Gasteiger charge is -2.04. The highest BCUT2D eigenvalue weighted by molar-refractivity contribution is 5.94. The third kappa shape index (κ3) is 2.37. The Morgan fingerprint density at radius 3 is 2.64 bits per heavy atom. The van der Waals surface area contributed by atoms with Gasteiger partial charge >= 0.3 is 0 Å². The summed E-state index contributed by atoms with van der Waals surface area (Å²) in [6.45, 7) is 2.02. The molecule has 1 fully saturated rings. The molecule has 110 valence electrons. The summed E-state index contributed by atoms with van der Waals surface area (Å²) < 4.78 is 5.81. The monoisotopic (exact) mass is 292 g/mol. The fraction of sp³-hybridized carbons (Fsp3) is 0.222. The number of amides is 1. The van der Waals surface area contributed by atoms with E-state index in [4.69, 9.17) is 4.42 Å². The van der Waals surface area contributed by atoms with Crippen molar-refractivity contribution in [3.8, 4) is 11.5 Å². The summed E-state index contributed by atoms with van der Waals surface area (Å²) in [4.78, 5) is 16.3. The van der Waals surface area contributed by atoms with Crippen LogP contribution in [-0.4, -0.2) is 10.9 Å². The first kappa shape index (κ1) is 13.1. The Kier molecular flexibility index (Phi) is 2.96. The van der Waals surface area contributed by atoms with Crippen molar-refractivity contribution in [1.82, 2.24) is 4.98 Å². The van der Waals surface area contributed by atoms with Gasteiger partial charge in [0.15, 0.2) is 5.58 Å². The summed E-state index contributed by atoms with van der Waals surface area (Å²) in [7, 11) is 0. The molecule has 4 nitrogen and oxygen atoms in total. The summed E-state index contributed by atoms with van der Waals surface area (Å²) in [5.74, 6) is 0.925. The van der Waals surface area contributed by atoms with Gasteiger partial charge in [-0.05, 0) is 55.7 Å². The molecule has 1 aliphatic carbocycles. The minimum atomic E-state index is 0.116.